The number of hydrogen-bond acceptors (Lipinski definition) is 5. The molecule has 0 unspecified atom stereocenters. The minimum absolute atomic E-state index is 0.374. The van der Waals surface area contributed by atoms with Gasteiger partial charge in [0.2, 0.25) is 5.91 Å². The molecule has 2 aromatic rings. The van der Waals surface area contributed by atoms with Gasteiger partial charge in [0.15, 0.2) is 5.16 Å². The van der Waals surface area contributed by atoms with Gasteiger partial charge >= 0.3 is 6.03 Å². The molecule has 25 heavy (non-hydrogen) atoms. The number of fused-ring (bicyclic) bond motifs is 1. The van der Waals surface area contributed by atoms with E-state index in [1.165, 1.54) is 25.2 Å². The number of amides is 3. The van der Waals surface area contributed by atoms with Crippen LogP contribution in [0.4, 0.5) is 4.79 Å². The molecule has 1 aromatic heterocycles. The lowest BCUT2D eigenvalue weighted by Crippen LogP contribution is -2.39. The Kier molecular flexibility index (Phi) is 5.70. The molecule has 8 heteroatoms. The molecule has 7 nitrogen and oxygen atoms in total. The maximum absolute atomic E-state index is 12.6. The number of nitrogens with one attached hydrogen (secondary N) is 2. The van der Waals surface area contributed by atoms with Crippen molar-refractivity contribution in [2.75, 3.05) is 7.05 Å². The summed E-state index contributed by atoms with van der Waals surface area (Å²) < 4.78 is 2.10. The van der Waals surface area contributed by atoms with Gasteiger partial charge in [0.25, 0.3) is 0 Å². The van der Waals surface area contributed by atoms with Gasteiger partial charge in [-0.05, 0) is 18.4 Å². The van der Waals surface area contributed by atoms with Crippen molar-refractivity contribution in [3.05, 3.63) is 41.7 Å². The molecule has 2 heterocycles. The fourth-order valence-electron chi connectivity index (χ4n) is 2.79. The molecule has 1 aliphatic heterocycles. The predicted molar refractivity (Wildman–Crippen MR) is 95.2 cm³/mol. The SMILES string of the molecule is CNC(=O)NC(=O)[C@@H](Sc1nnc2n1CCCCC2)c1ccccc1. The van der Waals surface area contributed by atoms with Crippen molar-refractivity contribution >= 4 is 23.7 Å². The van der Waals surface area contributed by atoms with Crippen LogP contribution in [0.3, 0.4) is 0 Å². The van der Waals surface area contributed by atoms with E-state index in [0.29, 0.717) is 0 Å². The molecular weight excluding hydrogens is 338 g/mol. The number of imide groups is 1. The maximum atomic E-state index is 12.6. The number of urea groups is 1. The van der Waals surface area contributed by atoms with Crippen LogP contribution < -0.4 is 10.6 Å². The Bertz CT molecular complexity index is 747. The van der Waals surface area contributed by atoms with Gasteiger partial charge in [-0.3, -0.25) is 10.1 Å². The highest BCUT2D eigenvalue weighted by atomic mass is 32.2. The van der Waals surface area contributed by atoms with Crippen LogP contribution in [0.15, 0.2) is 35.5 Å². The maximum Gasteiger partial charge on any atom is 0.321 e. The van der Waals surface area contributed by atoms with E-state index in [9.17, 15) is 9.59 Å². The van der Waals surface area contributed by atoms with Crippen LogP contribution in [0.1, 0.15) is 35.9 Å². The van der Waals surface area contributed by atoms with E-state index in [4.69, 9.17) is 0 Å². The largest absolute Gasteiger partial charge is 0.341 e. The second-order valence-electron chi connectivity index (χ2n) is 5.84. The molecule has 3 amide bonds. The summed E-state index contributed by atoms with van der Waals surface area (Å²) in [5.41, 5.74) is 0.819. The number of thioether (sulfide) groups is 1. The first-order chi connectivity index (χ1) is 12.2. The van der Waals surface area contributed by atoms with E-state index >= 15 is 0 Å². The molecular formula is C17H21N5O2S. The lowest BCUT2D eigenvalue weighted by Gasteiger charge is -2.16. The lowest BCUT2D eigenvalue weighted by molar-refractivity contribution is -0.119. The minimum atomic E-state index is -0.574. The van der Waals surface area contributed by atoms with E-state index in [1.54, 1.807) is 0 Å². The highest BCUT2D eigenvalue weighted by Crippen LogP contribution is 2.35. The smallest absolute Gasteiger partial charge is 0.321 e. The Morgan fingerprint density at radius 3 is 2.72 bits per heavy atom. The first-order valence-electron chi connectivity index (χ1n) is 8.35. The number of hydrogen-bond donors (Lipinski definition) is 2. The first-order valence-corrected chi connectivity index (χ1v) is 9.23. The first kappa shape index (κ1) is 17.5. The van der Waals surface area contributed by atoms with Gasteiger partial charge < -0.3 is 9.88 Å². The number of nitrogens with zero attached hydrogens (tertiary/aromatic N) is 3. The topological polar surface area (TPSA) is 88.9 Å². The molecule has 1 aromatic carbocycles. The number of rotatable bonds is 4. The minimum Gasteiger partial charge on any atom is -0.341 e. The third kappa shape index (κ3) is 4.19. The standard InChI is InChI=1S/C17H21N5O2S/c1-18-16(24)19-15(23)14(12-8-4-2-5-9-12)25-17-21-20-13-10-6-3-7-11-22(13)17/h2,4-5,8-9,14H,3,6-7,10-11H2,1H3,(H2,18,19,23,24)/t14-/m0/s1. The second kappa shape index (κ2) is 8.15. The highest BCUT2D eigenvalue weighted by Gasteiger charge is 2.27. The summed E-state index contributed by atoms with van der Waals surface area (Å²) in [6, 6.07) is 8.87. The Labute approximate surface area is 150 Å². The molecule has 3 rings (SSSR count). The van der Waals surface area contributed by atoms with E-state index in [-0.39, 0.29) is 5.91 Å². The third-order valence-corrected chi connectivity index (χ3v) is 5.34. The molecule has 0 saturated carbocycles. The average Bonchev–Trinajstić information content (AvgIpc) is 2.86. The van der Waals surface area contributed by atoms with Crippen molar-refractivity contribution in [2.45, 2.75) is 42.6 Å². The monoisotopic (exact) mass is 359 g/mol. The van der Waals surface area contributed by atoms with Gasteiger partial charge in [-0.15, -0.1) is 10.2 Å². The van der Waals surface area contributed by atoms with Crippen LogP contribution in [0.5, 0.6) is 0 Å². The lowest BCUT2D eigenvalue weighted by atomic mass is 10.1. The Morgan fingerprint density at radius 2 is 1.96 bits per heavy atom. The molecule has 2 N–H and O–H groups in total. The molecule has 0 radical (unpaired) electrons. The Balaban J connectivity index is 1.86. The summed E-state index contributed by atoms with van der Waals surface area (Å²) in [5.74, 6) is 0.597. The molecule has 0 bridgehead atoms. The van der Waals surface area contributed by atoms with Crippen molar-refractivity contribution in [3.8, 4) is 0 Å². The van der Waals surface area contributed by atoms with Gasteiger partial charge in [-0.1, -0.05) is 48.5 Å². The van der Waals surface area contributed by atoms with Crippen LogP contribution in [0.2, 0.25) is 0 Å². The Morgan fingerprint density at radius 1 is 1.16 bits per heavy atom. The molecule has 1 atom stereocenters. The molecule has 0 fully saturated rings. The van der Waals surface area contributed by atoms with E-state index in [1.807, 2.05) is 30.3 Å². The van der Waals surface area contributed by atoms with Gasteiger partial charge in [-0.2, -0.15) is 0 Å². The van der Waals surface area contributed by atoms with Crippen molar-refractivity contribution in [1.82, 2.24) is 25.4 Å². The van der Waals surface area contributed by atoms with Crippen molar-refractivity contribution < 1.29 is 9.59 Å². The van der Waals surface area contributed by atoms with Gasteiger partial charge in [0.1, 0.15) is 11.1 Å². The zero-order valence-corrected chi connectivity index (χ0v) is 14.9. The summed E-state index contributed by atoms with van der Waals surface area (Å²) in [4.78, 5) is 24.2. The number of aromatic nitrogens is 3. The zero-order valence-electron chi connectivity index (χ0n) is 14.1. The fraction of sp³-hybridized carbons (Fsp3) is 0.412. The highest BCUT2D eigenvalue weighted by molar-refractivity contribution is 8.00. The number of aryl methyl sites for hydroxylation is 1. The van der Waals surface area contributed by atoms with E-state index in [0.717, 1.165) is 42.4 Å². The second-order valence-corrected chi connectivity index (χ2v) is 6.91. The summed E-state index contributed by atoms with van der Waals surface area (Å²) in [6.45, 7) is 0.864. The summed E-state index contributed by atoms with van der Waals surface area (Å²) in [6.07, 6.45) is 4.28. The molecule has 0 spiro atoms. The molecule has 1 aliphatic rings. The van der Waals surface area contributed by atoms with E-state index < -0.39 is 11.3 Å². The fourth-order valence-corrected chi connectivity index (χ4v) is 3.87. The van der Waals surface area contributed by atoms with Crippen LogP contribution in [-0.4, -0.2) is 33.8 Å². The van der Waals surface area contributed by atoms with E-state index in [2.05, 4.69) is 25.4 Å². The molecule has 132 valence electrons. The van der Waals surface area contributed by atoms with Crippen LogP contribution in [0.25, 0.3) is 0 Å². The quantitative estimate of drug-likeness (QED) is 0.818. The van der Waals surface area contributed by atoms with Crippen molar-refractivity contribution in [3.63, 3.8) is 0 Å². The normalized spacial score (nSPS) is 14.9. The molecule has 0 saturated heterocycles. The zero-order chi connectivity index (χ0) is 17.6. The van der Waals surface area contributed by atoms with Crippen LogP contribution in [0, 0.1) is 0 Å². The molecule has 0 aliphatic carbocycles. The van der Waals surface area contributed by atoms with Crippen LogP contribution in [-0.2, 0) is 17.8 Å². The Hall–Kier alpha value is -2.35. The third-order valence-electron chi connectivity index (χ3n) is 4.10. The predicted octanol–water partition coefficient (Wildman–Crippen LogP) is 2.29. The number of carbonyl (C=O) groups excluding carboxylic acids is 2. The average molecular weight is 359 g/mol. The van der Waals surface area contributed by atoms with Crippen LogP contribution >= 0.6 is 11.8 Å². The summed E-state index contributed by atoms with van der Waals surface area (Å²) in [7, 11) is 1.48. The van der Waals surface area contributed by atoms with Crippen molar-refractivity contribution in [1.29, 1.82) is 0 Å². The number of benzene rings is 1. The summed E-state index contributed by atoms with van der Waals surface area (Å²) >= 11 is 1.33. The van der Waals surface area contributed by atoms with Crippen molar-refractivity contribution in [2.24, 2.45) is 0 Å². The number of carbonyl (C=O) groups is 2. The van der Waals surface area contributed by atoms with Gasteiger partial charge in [0.05, 0.1) is 0 Å². The summed E-state index contributed by atoms with van der Waals surface area (Å²) in [5, 5.41) is 13.5. The van der Waals surface area contributed by atoms with Gasteiger partial charge in [-0.25, -0.2) is 4.79 Å². The van der Waals surface area contributed by atoms with Gasteiger partial charge in [0, 0.05) is 20.0 Å².